The number of fused-ring (bicyclic) bond motifs is 1. The lowest BCUT2D eigenvalue weighted by atomic mass is 9.97. The Kier molecular flexibility index (Phi) is 7.07. The molecule has 194 valence electrons. The van der Waals surface area contributed by atoms with Crippen LogP contribution in [0.15, 0.2) is 36.4 Å². The zero-order valence-electron chi connectivity index (χ0n) is 21.6. The summed E-state index contributed by atoms with van der Waals surface area (Å²) in [4.78, 5) is 9.89. The van der Waals surface area contributed by atoms with Crippen LogP contribution in [0.1, 0.15) is 38.4 Å². The van der Waals surface area contributed by atoms with Crippen molar-refractivity contribution >= 4 is 38.3 Å². The molecule has 2 fully saturated rings. The quantitative estimate of drug-likeness (QED) is 0.485. The molecule has 0 atom stereocenters. The molecule has 5 rings (SSSR count). The average molecular weight is 530 g/mol. The van der Waals surface area contributed by atoms with Crippen LogP contribution < -0.4 is 4.90 Å². The Morgan fingerprint density at radius 1 is 0.944 bits per heavy atom. The second kappa shape index (κ2) is 9.97. The smallest absolute Gasteiger partial charge is 0.211 e. The lowest BCUT2D eigenvalue weighted by Gasteiger charge is -2.38. The first-order chi connectivity index (χ1) is 17.1. The fraction of sp³-hybridized carbons (Fsp3) is 0.519. The predicted octanol–water partition coefficient (Wildman–Crippen LogP) is 4.56. The van der Waals surface area contributed by atoms with E-state index in [1.807, 2.05) is 13.1 Å². The van der Waals surface area contributed by atoms with Crippen LogP contribution in [0.3, 0.4) is 0 Å². The molecular weight excluding hydrogens is 494 g/mol. The Bertz CT molecular complexity index is 1340. The van der Waals surface area contributed by atoms with E-state index >= 15 is 0 Å². The lowest BCUT2D eigenvalue weighted by Crippen LogP contribution is -2.48. The number of aryl methyl sites for hydroxylation is 1. The largest absolute Gasteiger partial charge is 0.369 e. The summed E-state index contributed by atoms with van der Waals surface area (Å²) in [6, 6.07) is 13.6. The van der Waals surface area contributed by atoms with Crippen LogP contribution in [0.4, 0.5) is 5.69 Å². The molecule has 2 aliphatic heterocycles. The molecule has 0 unspecified atom stereocenters. The Morgan fingerprint density at radius 2 is 1.58 bits per heavy atom. The number of sulfonamides is 1. The number of piperazine rings is 1. The van der Waals surface area contributed by atoms with Gasteiger partial charge in [-0.2, -0.15) is 0 Å². The average Bonchev–Trinajstić information content (AvgIpc) is 3.20. The van der Waals surface area contributed by atoms with E-state index in [1.165, 1.54) is 11.9 Å². The number of hydrogen-bond acceptors (Lipinski definition) is 5. The number of piperidine rings is 1. The minimum atomic E-state index is -3.15. The van der Waals surface area contributed by atoms with Crippen LogP contribution in [-0.4, -0.2) is 78.7 Å². The number of imidazole rings is 1. The molecule has 7 nitrogen and oxygen atoms in total. The third kappa shape index (κ3) is 5.01. The zero-order valence-corrected chi connectivity index (χ0v) is 23.2. The first-order valence-corrected chi connectivity index (χ1v) is 15.0. The second-order valence-corrected chi connectivity index (χ2v) is 12.8. The summed E-state index contributed by atoms with van der Waals surface area (Å²) in [5, 5.41) is 0.645. The topological polar surface area (TPSA) is 61.7 Å². The van der Waals surface area contributed by atoms with Crippen LogP contribution in [0.2, 0.25) is 5.02 Å². The summed E-state index contributed by atoms with van der Waals surface area (Å²) in [7, 11) is -1.11. The molecule has 0 saturated carbocycles. The van der Waals surface area contributed by atoms with Crippen molar-refractivity contribution < 1.29 is 8.42 Å². The molecule has 2 aliphatic rings. The maximum absolute atomic E-state index is 11.9. The van der Waals surface area contributed by atoms with Gasteiger partial charge in [0.1, 0.15) is 11.3 Å². The molecule has 1 aromatic heterocycles. The number of hydrogen-bond donors (Lipinski definition) is 0. The third-order valence-electron chi connectivity index (χ3n) is 7.87. The van der Waals surface area contributed by atoms with Crippen LogP contribution in [0.25, 0.3) is 22.2 Å². The maximum Gasteiger partial charge on any atom is 0.211 e. The molecule has 0 N–H and O–H groups in total. The molecule has 36 heavy (non-hydrogen) atoms. The van der Waals surface area contributed by atoms with Crippen molar-refractivity contribution in [1.29, 1.82) is 0 Å². The van der Waals surface area contributed by atoms with E-state index in [1.54, 1.807) is 4.31 Å². The monoisotopic (exact) mass is 529 g/mol. The number of aromatic nitrogens is 2. The minimum absolute atomic E-state index is 0.218. The summed E-state index contributed by atoms with van der Waals surface area (Å²) in [5.41, 5.74) is 5.28. The van der Waals surface area contributed by atoms with Gasteiger partial charge in [0.15, 0.2) is 0 Å². The van der Waals surface area contributed by atoms with E-state index in [4.69, 9.17) is 16.6 Å². The van der Waals surface area contributed by atoms with Gasteiger partial charge in [-0.1, -0.05) is 23.7 Å². The van der Waals surface area contributed by atoms with E-state index in [0.717, 1.165) is 67.0 Å². The summed E-state index contributed by atoms with van der Waals surface area (Å²) in [6.45, 7) is 9.89. The predicted molar refractivity (Wildman–Crippen MR) is 148 cm³/mol. The van der Waals surface area contributed by atoms with Crippen molar-refractivity contribution in [2.45, 2.75) is 38.6 Å². The molecule has 9 heteroatoms. The van der Waals surface area contributed by atoms with Crippen molar-refractivity contribution in [3.63, 3.8) is 0 Å². The number of rotatable bonds is 5. The molecular formula is C27H36ClN5O2S. The highest BCUT2D eigenvalue weighted by molar-refractivity contribution is 7.88. The molecule has 2 aromatic carbocycles. The van der Waals surface area contributed by atoms with E-state index in [9.17, 15) is 8.42 Å². The normalized spacial score (nSPS) is 19.0. The van der Waals surface area contributed by atoms with Gasteiger partial charge in [0, 0.05) is 64.0 Å². The zero-order chi connectivity index (χ0) is 25.6. The van der Waals surface area contributed by atoms with E-state index in [2.05, 4.69) is 58.5 Å². The Labute approximate surface area is 219 Å². The molecule has 0 radical (unpaired) electrons. The van der Waals surface area contributed by atoms with E-state index < -0.39 is 10.0 Å². The number of benzene rings is 2. The maximum atomic E-state index is 11.9. The fourth-order valence-electron chi connectivity index (χ4n) is 5.60. The van der Waals surface area contributed by atoms with Crippen LogP contribution >= 0.6 is 11.6 Å². The van der Waals surface area contributed by atoms with E-state index in [0.29, 0.717) is 24.2 Å². The second-order valence-electron chi connectivity index (χ2n) is 10.5. The van der Waals surface area contributed by atoms with Crippen LogP contribution in [0, 0.1) is 0 Å². The number of nitrogens with zero attached hydrogens (tertiary/aromatic N) is 5. The third-order valence-corrected chi connectivity index (χ3v) is 9.46. The fourth-order valence-corrected chi connectivity index (χ4v) is 6.73. The summed E-state index contributed by atoms with van der Waals surface area (Å²) >= 11 is 6.74. The molecule has 2 saturated heterocycles. The molecule has 0 amide bonds. The summed E-state index contributed by atoms with van der Waals surface area (Å²) in [5.74, 6) is 1.20. The minimum Gasteiger partial charge on any atom is -0.369 e. The van der Waals surface area contributed by atoms with Crippen LogP contribution in [0.5, 0.6) is 0 Å². The van der Waals surface area contributed by atoms with Gasteiger partial charge in [-0.25, -0.2) is 17.7 Å². The Balaban J connectivity index is 1.36. The Hall–Kier alpha value is -2.13. The van der Waals surface area contributed by atoms with Crippen molar-refractivity contribution in [1.82, 2.24) is 18.8 Å². The van der Waals surface area contributed by atoms with Crippen LogP contribution in [-0.2, 0) is 17.1 Å². The standard InChI is InChI=1S/C27H36ClN5O2S/c1-19(2)31-13-15-32(16-14-31)23-7-5-20(6-8-23)22-17-24(28)26-25(18-22)30(3)27(29-26)21-9-11-33(12-10-21)36(4,34)35/h5-8,17-19,21H,9-16H2,1-4H3. The molecule has 3 aromatic rings. The van der Waals surface area contributed by atoms with Crippen molar-refractivity contribution in [3.8, 4) is 11.1 Å². The van der Waals surface area contributed by atoms with E-state index in [-0.39, 0.29) is 5.92 Å². The van der Waals surface area contributed by atoms with Crippen molar-refractivity contribution in [3.05, 3.63) is 47.2 Å². The highest BCUT2D eigenvalue weighted by atomic mass is 35.5. The first-order valence-electron chi connectivity index (χ1n) is 12.8. The Morgan fingerprint density at radius 3 is 2.17 bits per heavy atom. The van der Waals surface area contributed by atoms with Crippen molar-refractivity contribution in [2.24, 2.45) is 7.05 Å². The highest BCUT2D eigenvalue weighted by Crippen LogP contribution is 2.35. The highest BCUT2D eigenvalue weighted by Gasteiger charge is 2.29. The lowest BCUT2D eigenvalue weighted by molar-refractivity contribution is 0.209. The number of anilines is 1. The molecule has 0 bridgehead atoms. The van der Waals surface area contributed by atoms with Gasteiger partial charge in [-0.15, -0.1) is 0 Å². The number of halogens is 1. The van der Waals surface area contributed by atoms with Gasteiger partial charge in [0.25, 0.3) is 0 Å². The van der Waals surface area contributed by atoms with Gasteiger partial charge >= 0.3 is 0 Å². The van der Waals surface area contributed by atoms with Gasteiger partial charge in [0.2, 0.25) is 10.0 Å². The SMILES string of the molecule is CC(C)N1CCN(c2ccc(-c3cc(Cl)c4nc(C5CCN(S(C)(=O)=O)CC5)n(C)c4c3)cc2)CC1. The molecule has 3 heterocycles. The van der Waals surface area contributed by atoms with Gasteiger partial charge in [-0.3, -0.25) is 4.90 Å². The molecule has 0 spiro atoms. The van der Waals surface area contributed by atoms with Gasteiger partial charge in [-0.05, 0) is 62.1 Å². The summed E-state index contributed by atoms with van der Waals surface area (Å²) < 4.78 is 27.5. The van der Waals surface area contributed by atoms with Gasteiger partial charge in [0.05, 0.1) is 16.8 Å². The van der Waals surface area contributed by atoms with Gasteiger partial charge < -0.3 is 9.47 Å². The first kappa shape index (κ1) is 25.5. The van der Waals surface area contributed by atoms with Crippen molar-refractivity contribution in [2.75, 3.05) is 50.4 Å². The molecule has 0 aliphatic carbocycles. The summed E-state index contributed by atoms with van der Waals surface area (Å²) in [6.07, 6.45) is 2.81.